The normalized spacial score (nSPS) is 18.0. The summed E-state index contributed by atoms with van der Waals surface area (Å²) in [6.45, 7) is 0. The molecule has 0 unspecified atom stereocenters. The number of nitrogens with one attached hydrogen (secondary N) is 1. The van der Waals surface area contributed by atoms with Crippen LogP contribution in [0, 0.1) is 0 Å². The molecule has 1 N–H and O–H groups in total. The second kappa shape index (κ2) is 3.73. The molecule has 2 aromatic heterocycles. The molecule has 0 atom stereocenters. The summed E-state index contributed by atoms with van der Waals surface area (Å²) in [5.41, 5.74) is 0.424. The van der Waals surface area contributed by atoms with E-state index >= 15 is 0 Å². The van der Waals surface area contributed by atoms with Gasteiger partial charge in [0.05, 0.1) is 6.20 Å². The molecule has 0 saturated heterocycles. The van der Waals surface area contributed by atoms with Gasteiger partial charge < -0.3 is 4.98 Å². The van der Waals surface area contributed by atoms with Crippen LogP contribution in [-0.2, 0) is 0 Å². The first-order chi connectivity index (χ1) is 7.84. The number of nitrogens with zero attached hydrogens (tertiary/aromatic N) is 3. The third-order valence-corrected chi connectivity index (χ3v) is 3.30. The predicted octanol–water partition coefficient (Wildman–Crippen LogP) is 1.47. The minimum atomic E-state index is -0.0897. The van der Waals surface area contributed by atoms with Crippen molar-refractivity contribution in [3.8, 4) is 0 Å². The standard InChI is InChI=1S/C11H14N4O/c16-11-9-6-12-7-15(9)14-10(13-11)8-4-2-1-3-5-8/h6-8H,1-5H2,(H,13,14,16). The Bertz CT molecular complexity index is 550. The molecule has 2 heterocycles. The van der Waals surface area contributed by atoms with Gasteiger partial charge in [-0.3, -0.25) is 4.79 Å². The molecule has 1 aliphatic carbocycles. The van der Waals surface area contributed by atoms with Crippen molar-refractivity contribution in [2.75, 3.05) is 0 Å². The number of aromatic nitrogens is 4. The summed E-state index contributed by atoms with van der Waals surface area (Å²) in [5.74, 6) is 1.23. The highest BCUT2D eigenvalue weighted by atomic mass is 16.1. The van der Waals surface area contributed by atoms with Crippen LogP contribution >= 0.6 is 0 Å². The van der Waals surface area contributed by atoms with Crippen LogP contribution in [0.25, 0.3) is 5.52 Å². The van der Waals surface area contributed by atoms with Gasteiger partial charge in [0.2, 0.25) is 0 Å². The Labute approximate surface area is 92.5 Å². The van der Waals surface area contributed by atoms with E-state index in [1.54, 1.807) is 10.8 Å². The van der Waals surface area contributed by atoms with Gasteiger partial charge in [-0.15, -0.1) is 0 Å². The summed E-state index contributed by atoms with van der Waals surface area (Å²) >= 11 is 0. The third-order valence-electron chi connectivity index (χ3n) is 3.30. The molecule has 0 bridgehead atoms. The van der Waals surface area contributed by atoms with E-state index in [9.17, 15) is 4.79 Å². The largest absolute Gasteiger partial charge is 0.307 e. The quantitative estimate of drug-likeness (QED) is 0.788. The highest BCUT2D eigenvalue weighted by Gasteiger charge is 2.18. The highest BCUT2D eigenvalue weighted by molar-refractivity contribution is 5.39. The Morgan fingerprint density at radius 3 is 2.94 bits per heavy atom. The smallest absolute Gasteiger partial charge is 0.276 e. The minimum absolute atomic E-state index is 0.0897. The lowest BCUT2D eigenvalue weighted by Gasteiger charge is -2.20. The van der Waals surface area contributed by atoms with Gasteiger partial charge in [-0.1, -0.05) is 19.3 Å². The summed E-state index contributed by atoms with van der Waals surface area (Å²) < 4.78 is 1.57. The number of hydrogen-bond donors (Lipinski definition) is 1. The van der Waals surface area contributed by atoms with E-state index < -0.39 is 0 Å². The van der Waals surface area contributed by atoms with Crippen molar-refractivity contribution in [1.82, 2.24) is 19.6 Å². The van der Waals surface area contributed by atoms with E-state index in [0.717, 1.165) is 18.7 Å². The fraction of sp³-hybridized carbons (Fsp3) is 0.545. The van der Waals surface area contributed by atoms with Crippen LogP contribution in [0.3, 0.4) is 0 Å². The Morgan fingerprint density at radius 2 is 2.12 bits per heavy atom. The number of aromatic amines is 1. The molecule has 0 spiro atoms. The average Bonchev–Trinajstić information content (AvgIpc) is 2.79. The van der Waals surface area contributed by atoms with Gasteiger partial charge in [0, 0.05) is 5.92 Å². The molecule has 1 fully saturated rings. The van der Waals surface area contributed by atoms with E-state index in [0.29, 0.717) is 11.4 Å². The van der Waals surface area contributed by atoms with E-state index in [-0.39, 0.29) is 5.56 Å². The Hall–Kier alpha value is -1.65. The second-order valence-electron chi connectivity index (χ2n) is 4.40. The Morgan fingerprint density at radius 1 is 1.31 bits per heavy atom. The summed E-state index contributed by atoms with van der Waals surface area (Å²) in [7, 11) is 0. The summed E-state index contributed by atoms with van der Waals surface area (Å²) in [6.07, 6.45) is 9.14. The van der Waals surface area contributed by atoms with Crippen LogP contribution in [0.15, 0.2) is 17.3 Å². The van der Waals surface area contributed by atoms with Gasteiger partial charge >= 0.3 is 0 Å². The van der Waals surface area contributed by atoms with Crippen LogP contribution in [0.4, 0.5) is 0 Å². The monoisotopic (exact) mass is 218 g/mol. The molecule has 3 rings (SSSR count). The molecule has 84 valence electrons. The van der Waals surface area contributed by atoms with Crippen molar-refractivity contribution in [2.45, 2.75) is 38.0 Å². The third kappa shape index (κ3) is 1.52. The topological polar surface area (TPSA) is 63.0 Å². The van der Waals surface area contributed by atoms with Crippen LogP contribution in [-0.4, -0.2) is 19.6 Å². The molecule has 5 nitrogen and oxygen atoms in total. The molecule has 0 amide bonds. The lowest BCUT2D eigenvalue weighted by molar-refractivity contribution is 0.423. The Kier molecular flexibility index (Phi) is 2.23. The fourth-order valence-electron chi connectivity index (χ4n) is 2.41. The van der Waals surface area contributed by atoms with Crippen LogP contribution in [0.1, 0.15) is 43.8 Å². The number of fused-ring (bicyclic) bond motifs is 1. The summed E-state index contributed by atoms with van der Waals surface area (Å²) in [5, 5.41) is 4.42. The zero-order chi connectivity index (χ0) is 11.0. The maximum atomic E-state index is 11.7. The molecular formula is C11H14N4O. The second-order valence-corrected chi connectivity index (χ2v) is 4.40. The highest BCUT2D eigenvalue weighted by Crippen LogP contribution is 2.29. The summed E-state index contributed by atoms with van der Waals surface area (Å²) in [4.78, 5) is 18.6. The average molecular weight is 218 g/mol. The first-order valence-corrected chi connectivity index (χ1v) is 5.77. The van der Waals surface area contributed by atoms with Crippen LogP contribution < -0.4 is 5.56 Å². The lowest BCUT2D eigenvalue weighted by Crippen LogP contribution is -2.19. The molecule has 0 aliphatic heterocycles. The van der Waals surface area contributed by atoms with Gasteiger partial charge in [0.25, 0.3) is 5.56 Å². The molecule has 0 aromatic carbocycles. The van der Waals surface area contributed by atoms with Crippen molar-refractivity contribution < 1.29 is 0 Å². The predicted molar refractivity (Wildman–Crippen MR) is 59.4 cm³/mol. The van der Waals surface area contributed by atoms with Gasteiger partial charge in [-0.25, -0.2) is 9.50 Å². The fourth-order valence-corrected chi connectivity index (χ4v) is 2.41. The minimum Gasteiger partial charge on any atom is -0.307 e. The van der Waals surface area contributed by atoms with Crippen LogP contribution in [0.5, 0.6) is 0 Å². The molecule has 16 heavy (non-hydrogen) atoms. The van der Waals surface area contributed by atoms with Crippen molar-refractivity contribution in [3.63, 3.8) is 0 Å². The van der Waals surface area contributed by atoms with E-state index in [1.807, 2.05) is 0 Å². The number of rotatable bonds is 1. The van der Waals surface area contributed by atoms with E-state index in [1.165, 1.54) is 25.5 Å². The van der Waals surface area contributed by atoms with Crippen LogP contribution in [0.2, 0.25) is 0 Å². The number of imidazole rings is 1. The van der Waals surface area contributed by atoms with E-state index in [2.05, 4.69) is 15.1 Å². The maximum Gasteiger partial charge on any atom is 0.276 e. The number of hydrogen-bond acceptors (Lipinski definition) is 3. The number of H-pyrrole nitrogens is 1. The zero-order valence-corrected chi connectivity index (χ0v) is 9.02. The van der Waals surface area contributed by atoms with Gasteiger partial charge in [-0.05, 0) is 12.8 Å². The van der Waals surface area contributed by atoms with Crippen molar-refractivity contribution >= 4 is 5.52 Å². The zero-order valence-electron chi connectivity index (χ0n) is 9.02. The first-order valence-electron chi connectivity index (χ1n) is 5.77. The van der Waals surface area contributed by atoms with Crippen molar-refractivity contribution in [3.05, 3.63) is 28.7 Å². The van der Waals surface area contributed by atoms with Gasteiger partial charge in [0.1, 0.15) is 17.7 Å². The lowest BCUT2D eigenvalue weighted by atomic mass is 9.89. The molecule has 2 aromatic rings. The molecular weight excluding hydrogens is 204 g/mol. The van der Waals surface area contributed by atoms with Crippen molar-refractivity contribution in [1.29, 1.82) is 0 Å². The van der Waals surface area contributed by atoms with Crippen molar-refractivity contribution in [2.24, 2.45) is 0 Å². The molecule has 0 radical (unpaired) electrons. The Balaban J connectivity index is 2.06. The molecule has 1 saturated carbocycles. The molecule has 5 heteroatoms. The first kappa shape index (κ1) is 9.57. The summed E-state index contributed by atoms with van der Waals surface area (Å²) in [6, 6.07) is 0. The maximum absolute atomic E-state index is 11.7. The van der Waals surface area contributed by atoms with Gasteiger partial charge in [-0.2, -0.15) is 5.10 Å². The van der Waals surface area contributed by atoms with Gasteiger partial charge in [0.15, 0.2) is 0 Å². The molecule has 1 aliphatic rings. The van der Waals surface area contributed by atoms with E-state index in [4.69, 9.17) is 0 Å². The SMILES string of the molecule is O=c1[nH]c(C2CCCCC2)nn2cncc12.